The summed E-state index contributed by atoms with van der Waals surface area (Å²) >= 11 is 0.571. The number of rotatable bonds is 17. The molecule has 0 saturated carbocycles. The number of amides is 5. The third-order valence-electron chi connectivity index (χ3n) is 13.2. The molecule has 79 heavy (non-hydrogen) atoms. The number of carbonyl (C=O) groups excluding carboxylic acids is 5. The Balaban J connectivity index is 0.871. The molecule has 12 atom stereocenters. The van der Waals surface area contributed by atoms with E-state index < -0.39 is 118 Å². The molecular formula is C46H54F2N12O16P2S. The molecule has 4 aliphatic rings. The van der Waals surface area contributed by atoms with Crippen molar-refractivity contribution in [3.63, 3.8) is 0 Å². The minimum Gasteiger partial charge on any atom is -0.387 e. The molecule has 28 nitrogen and oxygen atoms in total. The second-order valence-electron chi connectivity index (χ2n) is 19.1. The maximum Gasteiger partial charge on any atom is 0.472 e. The Bertz CT molecular complexity index is 3310. The van der Waals surface area contributed by atoms with E-state index in [0.717, 1.165) is 39.2 Å². The van der Waals surface area contributed by atoms with Gasteiger partial charge in [0.1, 0.15) is 59.8 Å². The smallest absolute Gasteiger partial charge is 0.387 e. The van der Waals surface area contributed by atoms with Gasteiger partial charge in [0.05, 0.1) is 25.9 Å². The summed E-state index contributed by atoms with van der Waals surface area (Å²) in [4.78, 5) is 106. The molecule has 3 fully saturated rings. The van der Waals surface area contributed by atoms with Crippen molar-refractivity contribution in [1.29, 1.82) is 0 Å². The molecule has 4 aliphatic heterocycles. The number of nitrogen functional groups attached to an aromatic ring is 1. The van der Waals surface area contributed by atoms with Crippen molar-refractivity contribution < 1.29 is 79.5 Å². The molecule has 0 aliphatic carbocycles. The van der Waals surface area contributed by atoms with Crippen LogP contribution in [0.25, 0.3) is 22.2 Å². The molecule has 3 unspecified atom stereocenters. The van der Waals surface area contributed by atoms with Gasteiger partial charge < -0.3 is 50.7 Å². The van der Waals surface area contributed by atoms with Gasteiger partial charge in [0.15, 0.2) is 41.6 Å². The number of imidazole rings is 1. The predicted molar refractivity (Wildman–Crippen MR) is 273 cm³/mol. The van der Waals surface area contributed by atoms with E-state index in [4.69, 9.17) is 33.3 Å². The number of nitrogens with zero attached hydrogens (tertiary/aromatic N) is 7. The van der Waals surface area contributed by atoms with E-state index in [-0.39, 0.29) is 70.7 Å². The average molecular weight is 1160 g/mol. The van der Waals surface area contributed by atoms with Gasteiger partial charge in [-0.25, -0.2) is 37.8 Å². The van der Waals surface area contributed by atoms with Gasteiger partial charge in [-0.15, -0.1) is 0 Å². The van der Waals surface area contributed by atoms with Crippen LogP contribution in [0.3, 0.4) is 0 Å². The molecule has 424 valence electrons. The topological polar surface area (TPSA) is 375 Å². The fraction of sp³-hybridized carbons (Fsp3) is 0.478. The van der Waals surface area contributed by atoms with Crippen molar-refractivity contribution in [1.82, 2.24) is 49.6 Å². The van der Waals surface area contributed by atoms with Crippen LogP contribution in [-0.2, 0) is 66.4 Å². The lowest BCUT2D eigenvalue weighted by molar-refractivity contribution is -0.137. The van der Waals surface area contributed by atoms with E-state index in [1.807, 2.05) is 0 Å². The Labute approximate surface area is 450 Å². The number of aliphatic hydroxyl groups is 1. The van der Waals surface area contributed by atoms with Gasteiger partial charge in [-0.3, -0.25) is 56.3 Å². The summed E-state index contributed by atoms with van der Waals surface area (Å²) in [5, 5.41) is 19.1. The van der Waals surface area contributed by atoms with Crippen molar-refractivity contribution >= 4 is 89.2 Å². The molecule has 1 aromatic carbocycles. The number of aromatic amines is 1. The minimum atomic E-state index is -5.32. The van der Waals surface area contributed by atoms with E-state index in [1.54, 1.807) is 26.0 Å². The maximum atomic E-state index is 17.0. The molecular weight excluding hydrogens is 1110 g/mol. The number of hydrogen-bond donors (Lipinski definition) is 7. The van der Waals surface area contributed by atoms with Crippen molar-refractivity contribution in [2.75, 3.05) is 30.8 Å². The Kier molecular flexibility index (Phi) is 17.2. The van der Waals surface area contributed by atoms with Crippen LogP contribution in [0, 0.1) is 11.7 Å². The molecule has 9 rings (SSSR count). The van der Waals surface area contributed by atoms with Crippen LogP contribution < -0.4 is 27.2 Å². The van der Waals surface area contributed by atoms with E-state index in [1.165, 1.54) is 31.2 Å². The Hall–Kier alpha value is -6.37. The normalized spacial score (nSPS) is 28.1. The molecule has 33 heteroatoms. The Morgan fingerprint density at radius 3 is 2.34 bits per heavy atom. The van der Waals surface area contributed by atoms with Crippen LogP contribution in [0.15, 0.2) is 66.4 Å². The lowest BCUT2D eigenvalue weighted by Gasteiger charge is -2.27. The monoisotopic (exact) mass is 1160 g/mol. The number of anilines is 2. The van der Waals surface area contributed by atoms with E-state index in [9.17, 15) is 43.3 Å². The number of alkyl halides is 1. The van der Waals surface area contributed by atoms with Gasteiger partial charge in [0.25, 0.3) is 17.4 Å². The number of benzene rings is 1. The summed E-state index contributed by atoms with van der Waals surface area (Å²) in [5.74, 6) is -3.97. The molecule has 4 aromatic heterocycles. The third kappa shape index (κ3) is 12.7. The highest BCUT2D eigenvalue weighted by atomic mass is 32.7. The summed E-state index contributed by atoms with van der Waals surface area (Å²) in [6, 6.07) is 4.09. The van der Waals surface area contributed by atoms with Crippen LogP contribution in [0.5, 0.6) is 0 Å². The number of unbranched alkanes of at least 4 members (excludes halogenated alkanes) is 2. The second-order valence-corrected chi connectivity index (χ2v) is 24.5. The number of phosphoric ester groups is 1. The first-order valence-electron chi connectivity index (χ1n) is 24.7. The summed E-state index contributed by atoms with van der Waals surface area (Å²) in [6.45, 7) is -1.34. The van der Waals surface area contributed by atoms with Crippen molar-refractivity contribution in [3.05, 3.63) is 83.3 Å². The van der Waals surface area contributed by atoms with E-state index in [2.05, 4.69) is 40.9 Å². The predicted octanol–water partition coefficient (Wildman–Crippen LogP) is 2.81. The number of halogens is 2. The van der Waals surface area contributed by atoms with E-state index in [0.29, 0.717) is 36.2 Å². The zero-order valence-electron chi connectivity index (χ0n) is 42.2. The third-order valence-corrected chi connectivity index (χ3v) is 17.8. The Morgan fingerprint density at radius 1 is 0.886 bits per heavy atom. The van der Waals surface area contributed by atoms with Gasteiger partial charge >= 0.3 is 14.6 Å². The molecule has 2 bridgehead atoms. The number of fused-ring (bicyclic) bond motifs is 5. The highest BCUT2D eigenvalue weighted by Crippen LogP contribution is 2.65. The largest absolute Gasteiger partial charge is 0.472 e. The van der Waals surface area contributed by atoms with Gasteiger partial charge in [-0.05, 0) is 54.8 Å². The lowest BCUT2D eigenvalue weighted by atomic mass is 10.0. The number of aromatic nitrogens is 7. The number of imide groups is 1. The standard InChI is InChI=1S/C46H54F2N12O16P2S/c1-22(2)34(57-29(61)7-5-4-6-14-58-30(62)12-13-31(58)63)44(67)55-23(3)42(65)56-25-10-8-24(9-11-25)18-79-78(70)72-16-27-36(64)38(46(73-27)59-15-26(47)32-40(59)51-20-53-43(32)66)75-77(68,69)71-17-28-37(76-78)33(48)45(74-28)60-21-54-35-39(49)50-19-52-41(35)60/h8-13,15,19-23,27-28,33-34,36-38,45-46,64H,4-7,14,16-18H2,1-3H3,(H,55,67)(H,56,65)(H,57,61)(H,68,69)(H2,49,50,52)(H,51,53,66)/t23-,27?,28+,33+,34-,36+,37+,38+,45+,46+,78?/m0/s1. The summed E-state index contributed by atoms with van der Waals surface area (Å²) in [5.41, 5.74) is 5.68. The first-order chi connectivity index (χ1) is 37.6. The first kappa shape index (κ1) is 57.3. The number of aliphatic hydroxyl groups excluding tert-OH is 1. The fourth-order valence-corrected chi connectivity index (χ4v) is 13.4. The van der Waals surface area contributed by atoms with Crippen LogP contribution in [0.1, 0.15) is 64.5 Å². The maximum absolute atomic E-state index is 17.0. The zero-order chi connectivity index (χ0) is 56.5. The number of H-pyrrole nitrogens is 1. The average Bonchev–Trinajstić information content (AvgIpc) is 4.41. The summed E-state index contributed by atoms with van der Waals surface area (Å²) in [7, 11) is -5.32. The van der Waals surface area contributed by atoms with Crippen molar-refractivity contribution in [2.45, 2.75) is 113 Å². The molecule has 0 radical (unpaired) electrons. The van der Waals surface area contributed by atoms with Gasteiger partial charge in [-0.1, -0.05) is 32.4 Å². The SMILES string of the molecule is CC(C)[C@H](NC(=O)CCCCCN1C(=O)C=CC1=O)C(=O)N[C@@H](C)C(=O)Nc1ccc(CSP2(=O)OCC3O[C@@H](n4cc(F)c5c(=O)[nH]cnc54)[C@H](OP(=O)(O)OC[C@H]4O[C@@H](n5cnc6c(N)ncnc65)[C@H](F)[C@@H]4O2)[C@@H]3O)cc1. The second kappa shape index (κ2) is 23.8. The number of nitrogens with two attached hydrogens (primary N) is 1. The van der Waals surface area contributed by atoms with Crippen LogP contribution in [0.4, 0.5) is 20.3 Å². The van der Waals surface area contributed by atoms with E-state index >= 15 is 13.3 Å². The van der Waals surface area contributed by atoms with Crippen molar-refractivity contribution in [2.24, 2.45) is 5.92 Å². The summed E-state index contributed by atoms with van der Waals surface area (Å²) < 4.78 is 97.8. The lowest BCUT2D eigenvalue weighted by Crippen LogP contribution is -2.53. The van der Waals surface area contributed by atoms with Crippen LogP contribution in [-0.4, -0.2) is 147 Å². The Morgan fingerprint density at radius 2 is 1.61 bits per heavy atom. The van der Waals surface area contributed by atoms with Crippen LogP contribution in [0.2, 0.25) is 0 Å². The number of carbonyl (C=O) groups is 5. The van der Waals surface area contributed by atoms with Gasteiger partial charge in [0.2, 0.25) is 17.7 Å². The highest BCUT2D eigenvalue weighted by Gasteiger charge is 2.55. The zero-order valence-corrected chi connectivity index (χ0v) is 44.8. The summed E-state index contributed by atoms with van der Waals surface area (Å²) in [6.07, 6.45) is -6.37. The number of phosphoric acid groups is 1. The molecule has 5 amide bonds. The van der Waals surface area contributed by atoms with Gasteiger partial charge in [0, 0.05) is 42.8 Å². The highest BCUT2D eigenvalue weighted by molar-refractivity contribution is 8.54. The molecule has 0 spiro atoms. The molecule has 5 aromatic rings. The molecule has 3 saturated heterocycles. The number of ether oxygens (including phenoxy) is 2. The first-order valence-corrected chi connectivity index (χ1v) is 29.3. The number of nitrogens with one attached hydrogen (secondary N) is 4. The van der Waals surface area contributed by atoms with Crippen molar-refractivity contribution in [3.8, 4) is 0 Å². The quantitative estimate of drug-likeness (QED) is 0.0400. The fourth-order valence-electron chi connectivity index (χ4n) is 9.06. The minimum absolute atomic E-state index is 0.0342. The van der Waals surface area contributed by atoms with Gasteiger partial charge in [-0.2, -0.15) is 0 Å². The van der Waals surface area contributed by atoms with Crippen LogP contribution >= 0.6 is 26.0 Å². The molecule has 8 heterocycles. The number of hydrogen-bond acceptors (Lipinski definition) is 21. The molecule has 8 N–H and O–H groups in total.